The number of aliphatic imine (C=N–C) groups is 1. The molecule has 0 aliphatic rings. The van der Waals surface area contributed by atoms with Crippen LogP contribution in [0.4, 0.5) is 0 Å². The molecule has 0 aliphatic heterocycles. The van der Waals surface area contributed by atoms with Crippen LogP contribution in [0, 0.1) is 12.3 Å². The van der Waals surface area contributed by atoms with Crippen LogP contribution in [-0.4, -0.2) is 42.3 Å². The van der Waals surface area contributed by atoms with Gasteiger partial charge in [-0.15, -0.1) is 24.0 Å². The Bertz CT molecular complexity index is 751. The molecule has 1 aromatic carbocycles. The van der Waals surface area contributed by atoms with Crippen LogP contribution in [-0.2, 0) is 17.8 Å². The average Bonchev–Trinajstić information content (AvgIpc) is 3.02. The molecule has 2 N–H and O–H groups in total. The van der Waals surface area contributed by atoms with Gasteiger partial charge in [0.1, 0.15) is 5.82 Å². The predicted molar refractivity (Wildman–Crippen MR) is 126 cm³/mol. The number of aryl methyl sites for hydroxylation is 1. The summed E-state index contributed by atoms with van der Waals surface area (Å²) in [6.45, 7) is 10.8. The first-order valence-corrected chi connectivity index (χ1v) is 9.36. The summed E-state index contributed by atoms with van der Waals surface area (Å²) >= 11 is 0. The molecular weight excluding hydrogens is 465 g/mol. The van der Waals surface area contributed by atoms with E-state index in [1.54, 1.807) is 14.2 Å². The summed E-state index contributed by atoms with van der Waals surface area (Å²) < 4.78 is 7.74. The summed E-state index contributed by atoms with van der Waals surface area (Å²) in [7, 11) is 3.54. The largest absolute Gasteiger partial charge is 0.379 e. The van der Waals surface area contributed by atoms with E-state index in [0.29, 0.717) is 13.1 Å². The fourth-order valence-electron chi connectivity index (χ4n) is 2.94. The van der Waals surface area contributed by atoms with Crippen LogP contribution >= 0.6 is 24.0 Å². The van der Waals surface area contributed by atoms with Crippen molar-refractivity contribution in [3.05, 3.63) is 53.6 Å². The van der Waals surface area contributed by atoms with Gasteiger partial charge in [0.2, 0.25) is 0 Å². The number of aromatic nitrogens is 2. The van der Waals surface area contributed by atoms with Crippen molar-refractivity contribution in [2.75, 3.05) is 20.7 Å². The number of methoxy groups -OCH3 is 1. The van der Waals surface area contributed by atoms with Gasteiger partial charge in [0.25, 0.3) is 0 Å². The molecule has 6 nitrogen and oxygen atoms in total. The predicted octanol–water partition coefficient (Wildman–Crippen LogP) is 3.58. The molecule has 7 heteroatoms. The van der Waals surface area contributed by atoms with Crippen molar-refractivity contribution in [1.29, 1.82) is 0 Å². The topological polar surface area (TPSA) is 63.5 Å². The SMILES string of the molecule is CN=C(NCc1cccc(Cn2ccnc2C)c1)NCC(OC)C(C)(C)C.I. The summed E-state index contributed by atoms with van der Waals surface area (Å²) in [6.07, 6.45) is 3.95. The molecule has 156 valence electrons. The Kier molecular flexibility index (Phi) is 9.95. The van der Waals surface area contributed by atoms with Gasteiger partial charge in [-0.1, -0.05) is 45.0 Å². The van der Waals surface area contributed by atoms with Crippen LogP contribution in [0.1, 0.15) is 37.7 Å². The third-order valence-electron chi connectivity index (χ3n) is 4.66. The van der Waals surface area contributed by atoms with Crippen LogP contribution in [0.2, 0.25) is 0 Å². The van der Waals surface area contributed by atoms with Gasteiger partial charge in [-0.3, -0.25) is 4.99 Å². The van der Waals surface area contributed by atoms with Crippen LogP contribution in [0.25, 0.3) is 0 Å². The van der Waals surface area contributed by atoms with Crippen LogP contribution in [0.5, 0.6) is 0 Å². The quantitative estimate of drug-likeness (QED) is 0.347. The maximum Gasteiger partial charge on any atom is 0.191 e. The lowest BCUT2D eigenvalue weighted by Gasteiger charge is -2.30. The fraction of sp³-hybridized carbons (Fsp3) is 0.524. The van der Waals surface area contributed by atoms with Gasteiger partial charge >= 0.3 is 0 Å². The van der Waals surface area contributed by atoms with E-state index < -0.39 is 0 Å². The summed E-state index contributed by atoms with van der Waals surface area (Å²) in [4.78, 5) is 8.59. The number of guanidine groups is 1. The summed E-state index contributed by atoms with van der Waals surface area (Å²) in [6, 6.07) is 8.57. The molecule has 28 heavy (non-hydrogen) atoms. The molecule has 0 bridgehead atoms. The number of ether oxygens (including phenoxy) is 1. The van der Waals surface area contributed by atoms with Gasteiger partial charge in [0.15, 0.2) is 5.96 Å². The van der Waals surface area contributed by atoms with Crippen molar-refractivity contribution in [2.45, 2.75) is 46.9 Å². The molecule has 0 aliphatic carbocycles. The number of halogens is 1. The zero-order chi connectivity index (χ0) is 19.9. The molecule has 1 unspecified atom stereocenters. The fourth-order valence-corrected chi connectivity index (χ4v) is 2.94. The smallest absolute Gasteiger partial charge is 0.191 e. The van der Waals surface area contributed by atoms with E-state index in [0.717, 1.165) is 18.3 Å². The minimum absolute atomic E-state index is 0. The average molecular weight is 499 g/mol. The lowest BCUT2D eigenvalue weighted by molar-refractivity contribution is 0.0205. The second-order valence-electron chi connectivity index (χ2n) is 7.82. The van der Waals surface area contributed by atoms with Crippen molar-refractivity contribution in [3.8, 4) is 0 Å². The molecule has 1 atom stereocenters. The molecule has 2 aromatic rings. The first-order valence-electron chi connectivity index (χ1n) is 9.36. The molecule has 0 amide bonds. The number of benzene rings is 1. The summed E-state index contributed by atoms with van der Waals surface area (Å²) in [5.41, 5.74) is 2.54. The molecule has 0 fully saturated rings. The highest BCUT2D eigenvalue weighted by atomic mass is 127. The third kappa shape index (κ3) is 7.43. The Morgan fingerprint density at radius 3 is 2.54 bits per heavy atom. The third-order valence-corrected chi connectivity index (χ3v) is 4.66. The van der Waals surface area contributed by atoms with Gasteiger partial charge in [-0.2, -0.15) is 0 Å². The lowest BCUT2D eigenvalue weighted by atomic mass is 9.89. The van der Waals surface area contributed by atoms with E-state index >= 15 is 0 Å². The second kappa shape index (κ2) is 11.4. The van der Waals surface area contributed by atoms with Gasteiger partial charge < -0.3 is 19.9 Å². The Balaban J connectivity index is 0.00000392. The standard InChI is InChI=1S/C21H33N5O.HI/c1-16-23-10-11-26(16)15-18-9-7-8-17(12-18)13-24-20(22-5)25-14-19(27-6)21(2,3)4;/h7-12,19H,13-15H2,1-6H3,(H2,22,24,25);1H. The van der Waals surface area contributed by atoms with Gasteiger partial charge in [-0.25, -0.2) is 4.98 Å². The van der Waals surface area contributed by atoms with E-state index in [2.05, 4.69) is 70.2 Å². The number of nitrogens with zero attached hydrogens (tertiary/aromatic N) is 3. The van der Waals surface area contributed by atoms with Gasteiger partial charge in [0, 0.05) is 46.2 Å². The number of nitrogens with one attached hydrogen (secondary N) is 2. The van der Waals surface area contributed by atoms with E-state index in [1.165, 1.54) is 11.1 Å². The number of rotatable bonds is 7. The maximum absolute atomic E-state index is 5.60. The number of imidazole rings is 1. The normalized spacial score (nSPS) is 13.0. The Hall–Kier alpha value is -1.61. The molecule has 0 saturated carbocycles. The number of hydrogen-bond donors (Lipinski definition) is 2. The minimum Gasteiger partial charge on any atom is -0.379 e. The van der Waals surface area contributed by atoms with E-state index in [1.807, 2.05) is 19.3 Å². The van der Waals surface area contributed by atoms with Gasteiger partial charge in [-0.05, 0) is 23.5 Å². The molecule has 0 radical (unpaired) electrons. The highest BCUT2D eigenvalue weighted by Gasteiger charge is 2.24. The molecule has 1 heterocycles. The van der Waals surface area contributed by atoms with Gasteiger partial charge in [0.05, 0.1) is 6.10 Å². The minimum atomic E-state index is 0. The zero-order valence-corrected chi connectivity index (χ0v) is 20.2. The Morgan fingerprint density at radius 1 is 1.25 bits per heavy atom. The Morgan fingerprint density at radius 2 is 1.96 bits per heavy atom. The lowest BCUT2D eigenvalue weighted by Crippen LogP contribution is -2.45. The highest BCUT2D eigenvalue weighted by Crippen LogP contribution is 2.20. The van der Waals surface area contributed by atoms with Crippen molar-refractivity contribution in [3.63, 3.8) is 0 Å². The Labute approximate surface area is 186 Å². The monoisotopic (exact) mass is 499 g/mol. The first kappa shape index (κ1) is 24.4. The molecule has 2 rings (SSSR count). The highest BCUT2D eigenvalue weighted by molar-refractivity contribution is 14.0. The molecule has 1 aromatic heterocycles. The molecule has 0 spiro atoms. The van der Waals surface area contributed by atoms with E-state index in [9.17, 15) is 0 Å². The van der Waals surface area contributed by atoms with E-state index in [-0.39, 0.29) is 35.5 Å². The van der Waals surface area contributed by atoms with Crippen molar-refractivity contribution in [2.24, 2.45) is 10.4 Å². The second-order valence-corrected chi connectivity index (χ2v) is 7.82. The van der Waals surface area contributed by atoms with Crippen molar-refractivity contribution < 1.29 is 4.74 Å². The van der Waals surface area contributed by atoms with Crippen LogP contribution < -0.4 is 10.6 Å². The summed E-state index contributed by atoms with van der Waals surface area (Å²) in [5.74, 6) is 1.80. The number of hydrogen-bond acceptors (Lipinski definition) is 3. The first-order chi connectivity index (χ1) is 12.8. The van der Waals surface area contributed by atoms with Crippen LogP contribution in [0.15, 0.2) is 41.7 Å². The molecular formula is C21H34IN5O. The van der Waals surface area contributed by atoms with Crippen molar-refractivity contribution in [1.82, 2.24) is 20.2 Å². The van der Waals surface area contributed by atoms with Crippen LogP contribution in [0.3, 0.4) is 0 Å². The maximum atomic E-state index is 5.60. The van der Waals surface area contributed by atoms with E-state index in [4.69, 9.17) is 4.74 Å². The molecule has 0 saturated heterocycles. The van der Waals surface area contributed by atoms with Crippen molar-refractivity contribution >= 4 is 29.9 Å². The zero-order valence-electron chi connectivity index (χ0n) is 17.8. The summed E-state index contributed by atoms with van der Waals surface area (Å²) in [5, 5.41) is 6.74.